The number of benzene rings is 2. The van der Waals surface area contributed by atoms with E-state index in [1.54, 1.807) is 6.07 Å². The summed E-state index contributed by atoms with van der Waals surface area (Å²) < 4.78 is 0. The number of nitrogens with one attached hydrogen (secondary N) is 1. The number of hydrogen-bond donors (Lipinski definition) is 1. The summed E-state index contributed by atoms with van der Waals surface area (Å²) in [6.07, 6.45) is 2.24. The van der Waals surface area contributed by atoms with Gasteiger partial charge in [-0.15, -0.1) is 0 Å². The van der Waals surface area contributed by atoms with Crippen LogP contribution in [0.15, 0.2) is 73.1 Å². The van der Waals surface area contributed by atoms with E-state index in [0.29, 0.717) is 12.2 Å². The van der Waals surface area contributed by atoms with Crippen LogP contribution in [0.3, 0.4) is 0 Å². The zero-order valence-electron chi connectivity index (χ0n) is 14.2. The minimum absolute atomic E-state index is 0.162. The smallest absolute Gasteiger partial charge is 0.270 e. The number of nitrogens with zero attached hydrogens (tertiary/aromatic N) is 2. The lowest BCUT2D eigenvalue weighted by Crippen LogP contribution is -2.26. The van der Waals surface area contributed by atoms with E-state index >= 15 is 0 Å². The number of hydrogen-bond acceptors (Lipinski definition) is 3. The van der Waals surface area contributed by atoms with Crippen molar-refractivity contribution in [2.45, 2.75) is 19.3 Å². The van der Waals surface area contributed by atoms with Gasteiger partial charge in [0.2, 0.25) is 0 Å². The third-order valence-electron chi connectivity index (χ3n) is 4.16. The molecule has 0 spiro atoms. The molecule has 0 saturated heterocycles. The Labute approximate surface area is 148 Å². The van der Waals surface area contributed by atoms with Gasteiger partial charge in [-0.25, -0.2) is 9.97 Å². The molecule has 0 radical (unpaired) electrons. The second kappa shape index (κ2) is 8.20. The van der Waals surface area contributed by atoms with Crippen LogP contribution in [0.5, 0.6) is 0 Å². The molecule has 1 amide bonds. The molecule has 25 heavy (non-hydrogen) atoms. The first-order valence-corrected chi connectivity index (χ1v) is 8.41. The molecule has 0 aliphatic carbocycles. The highest BCUT2D eigenvalue weighted by Gasteiger charge is 2.15. The minimum atomic E-state index is -0.162. The first-order valence-electron chi connectivity index (χ1n) is 8.41. The highest BCUT2D eigenvalue weighted by molar-refractivity contribution is 5.92. The van der Waals surface area contributed by atoms with Gasteiger partial charge < -0.3 is 5.32 Å². The quantitative estimate of drug-likeness (QED) is 0.748. The van der Waals surface area contributed by atoms with Gasteiger partial charge in [0.15, 0.2) is 0 Å². The summed E-state index contributed by atoms with van der Waals surface area (Å²) >= 11 is 0. The van der Waals surface area contributed by atoms with Crippen LogP contribution in [0.1, 0.15) is 39.6 Å². The summed E-state index contributed by atoms with van der Waals surface area (Å²) in [7, 11) is 0. The summed E-state index contributed by atoms with van der Waals surface area (Å²) in [6, 6.07) is 22.5. The van der Waals surface area contributed by atoms with Crippen LogP contribution in [-0.2, 0) is 0 Å². The molecular weight excluding hydrogens is 310 g/mol. The largest absolute Gasteiger partial charge is 0.351 e. The first-order chi connectivity index (χ1) is 12.2. The lowest BCUT2D eigenvalue weighted by molar-refractivity contribution is 0.0947. The fourth-order valence-corrected chi connectivity index (χ4v) is 2.90. The number of carbonyl (C=O) groups is 1. The lowest BCUT2D eigenvalue weighted by Gasteiger charge is -2.18. The van der Waals surface area contributed by atoms with Crippen molar-refractivity contribution in [3.63, 3.8) is 0 Å². The molecule has 0 unspecified atom stereocenters. The van der Waals surface area contributed by atoms with Crippen molar-refractivity contribution < 1.29 is 4.79 Å². The number of aromatic nitrogens is 2. The van der Waals surface area contributed by atoms with Gasteiger partial charge in [-0.05, 0) is 30.5 Å². The van der Waals surface area contributed by atoms with Crippen molar-refractivity contribution in [1.29, 1.82) is 0 Å². The molecule has 0 fully saturated rings. The Morgan fingerprint density at radius 1 is 0.960 bits per heavy atom. The molecule has 0 aliphatic rings. The average Bonchev–Trinajstić information content (AvgIpc) is 2.66. The molecule has 4 heteroatoms. The van der Waals surface area contributed by atoms with E-state index in [4.69, 9.17) is 0 Å². The van der Waals surface area contributed by atoms with Crippen molar-refractivity contribution in [3.8, 4) is 0 Å². The van der Waals surface area contributed by atoms with Gasteiger partial charge in [-0.1, -0.05) is 60.7 Å². The van der Waals surface area contributed by atoms with E-state index in [2.05, 4.69) is 39.6 Å². The zero-order valence-corrected chi connectivity index (χ0v) is 14.2. The maximum Gasteiger partial charge on any atom is 0.270 e. The minimum Gasteiger partial charge on any atom is -0.351 e. The summed E-state index contributed by atoms with van der Waals surface area (Å²) in [4.78, 5) is 20.3. The maximum atomic E-state index is 12.3. The van der Waals surface area contributed by atoms with Crippen molar-refractivity contribution in [1.82, 2.24) is 15.3 Å². The van der Waals surface area contributed by atoms with Crippen molar-refractivity contribution >= 4 is 5.91 Å². The van der Waals surface area contributed by atoms with E-state index < -0.39 is 0 Å². The van der Waals surface area contributed by atoms with Crippen LogP contribution in [-0.4, -0.2) is 22.4 Å². The van der Waals surface area contributed by atoms with Crippen LogP contribution < -0.4 is 5.32 Å². The Kier molecular flexibility index (Phi) is 5.52. The molecule has 3 aromatic rings. The van der Waals surface area contributed by atoms with Gasteiger partial charge in [0.1, 0.15) is 12.0 Å². The molecule has 0 bridgehead atoms. The zero-order chi connectivity index (χ0) is 17.5. The second-order valence-electron chi connectivity index (χ2n) is 5.96. The van der Waals surface area contributed by atoms with E-state index in [1.807, 2.05) is 43.3 Å². The predicted molar refractivity (Wildman–Crippen MR) is 98.4 cm³/mol. The molecule has 0 aliphatic heterocycles. The number of carbonyl (C=O) groups excluding carboxylic acids is 1. The van der Waals surface area contributed by atoms with Gasteiger partial charge in [0.25, 0.3) is 5.91 Å². The van der Waals surface area contributed by atoms with Gasteiger partial charge in [0.05, 0.1) is 0 Å². The summed E-state index contributed by atoms with van der Waals surface area (Å²) in [5, 5.41) is 2.97. The molecule has 0 saturated carbocycles. The van der Waals surface area contributed by atoms with Crippen molar-refractivity contribution in [3.05, 3.63) is 95.6 Å². The standard InChI is InChI=1S/C21H21N3O/c1-16-14-20(24-15-23-16)21(25)22-13-12-19(17-8-4-2-5-9-17)18-10-6-3-7-11-18/h2-11,14-15,19H,12-13H2,1H3,(H,22,25). The number of rotatable bonds is 6. The van der Waals surface area contributed by atoms with Crippen molar-refractivity contribution in [2.24, 2.45) is 0 Å². The van der Waals surface area contributed by atoms with Crippen LogP contribution >= 0.6 is 0 Å². The molecule has 1 aromatic heterocycles. The van der Waals surface area contributed by atoms with Gasteiger partial charge >= 0.3 is 0 Å². The van der Waals surface area contributed by atoms with Gasteiger partial charge in [0, 0.05) is 18.2 Å². The second-order valence-corrected chi connectivity index (χ2v) is 5.96. The Bertz CT molecular complexity index is 779. The number of amides is 1. The molecule has 126 valence electrons. The third kappa shape index (κ3) is 4.51. The van der Waals surface area contributed by atoms with Crippen LogP contribution in [0.4, 0.5) is 0 Å². The van der Waals surface area contributed by atoms with E-state index in [-0.39, 0.29) is 11.8 Å². The Balaban J connectivity index is 1.68. The molecule has 2 aromatic carbocycles. The summed E-state index contributed by atoms with van der Waals surface area (Å²) in [5.41, 5.74) is 3.69. The highest BCUT2D eigenvalue weighted by Crippen LogP contribution is 2.27. The van der Waals surface area contributed by atoms with Gasteiger partial charge in [-0.2, -0.15) is 0 Å². The van der Waals surface area contributed by atoms with E-state index in [0.717, 1.165) is 12.1 Å². The van der Waals surface area contributed by atoms with E-state index in [9.17, 15) is 4.79 Å². The fraction of sp³-hybridized carbons (Fsp3) is 0.190. The van der Waals surface area contributed by atoms with Crippen LogP contribution in [0.2, 0.25) is 0 Å². The topological polar surface area (TPSA) is 54.9 Å². The maximum absolute atomic E-state index is 12.3. The Hall–Kier alpha value is -3.01. The SMILES string of the molecule is Cc1cc(C(=O)NCCC(c2ccccc2)c2ccccc2)ncn1. The molecule has 4 nitrogen and oxygen atoms in total. The fourth-order valence-electron chi connectivity index (χ4n) is 2.90. The van der Waals surface area contributed by atoms with Gasteiger partial charge in [-0.3, -0.25) is 4.79 Å². The normalized spacial score (nSPS) is 10.6. The molecule has 3 rings (SSSR count). The van der Waals surface area contributed by atoms with Crippen molar-refractivity contribution in [2.75, 3.05) is 6.54 Å². The highest BCUT2D eigenvalue weighted by atomic mass is 16.1. The predicted octanol–water partition coefficient (Wildman–Crippen LogP) is 3.74. The van der Waals surface area contributed by atoms with Crippen LogP contribution in [0.25, 0.3) is 0 Å². The van der Waals surface area contributed by atoms with Crippen LogP contribution in [0, 0.1) is 6.92 Å². The molecule has 1 heterocycles. The molecule has 1 N–H and O–H groups in total. The third-order valence-corrected chi connectivity index (χ3v) is 4.16. The number of aryl methyl sites for hydroxylation is 1. The monoisotopic (exact) mass is 331 g/mol. The molecular formula is C21H21N3O. The first kappa shape index (κ1) is 16.8. The Morgan fingerprint density at radius 2 is 1.56 bits per heavy atom. The lowest BCUT2D eigenvalue weighted by atomic mass is 9.88. The Morgan fingerprint density at radius 3 is 2.12 bits per heavy atom. The molecule has 0 atom stereocenters. The average molecular weight is 331 g/mol. The van der Waals surface area contributed by atoms with E-state index in [1.165, 1.54) is 17.5 Å². The summed E-state index contributed by atoms with van der Waals surface area (Å²) in [6.45, 7) is 2.43. The summed E-state index contributed by atoms with van der Waals surface area (Å²) in [5.74, 6) is 0.0835.